The molecule has 0 bridgehead atoms. The highest BCUT2D eigenvalue weighted by Crippen LogP contribution is 2.20. The summed E-state index contributed by atoms with van der Waals surface area (Å²) in [7, 11) is -3.29. The number of rotatable bonds is 4. The van der Waals surface area contributed by atoms with Gasteiger partial charge in [-0.25, -0.2) is 13.2 Å². The summed E-state index contributed by atoms with van der Waals surface area (Å²) in [5.74, 6) is -0.296. The van der Waals surface area contributed by atoms with E-state index in [0.29, 0.717) is 5.56 Å². The van der Waals surface area contributed by atoms with E-state index >= 15 is 0 Å². The normalized spacial score (nSPS) is 14.3. The highest BCUT2D eigenvalue weighted by molar-refractivity contribution is 7.90. The van der Waals surface area contributed by atoms with Crippen LogP contribution in [0.2, 0.25) is 0 Å². The number of hydrogen-bond acceptors (Lipinski definition) is 4. The number of carbonyl (C=O) groups is 1. The van der Waals surface area contributed by atoms with Gasteiger partial charge in [0.1, 0.15) is 5.75 Å². The summed E-state index contributed by atoms with van der Waals surface area (Å²) >= 11 is 0. The summed E-state index contributed by atoms with van der Waals surface area (Å²) in [5.41, 5.74) is 0.301. The summed E-state index contributed by atoms with van der Waals surface area (Å²) in [6.07, 6.45) is -1.16. The van der Waals surface area contributed by atoms with Crippen molar-refractivity contribution in [3.63, 3.8) is 0 Å². The Morgan fingerprint density at radius 3 is 2.82 bits per heavy atom. The van der Waals surface area contributed by atoms with Crippen molar-refractivity contribution in [2.75, 3.05) is 12.7 Å². The molecule has 6 heteroatoms. The molecule has 17 heavy (non-hydrogen) atoms. The minimum atomic E-state index is -3.29. The predicted molar refractivity (Wildman–Crippen MR) is 64.7 cm³/mol. The van der Waals surface area contributed by atoms with Gasteiger partial charge in [-0.3, -0.25) is 0 Å². The van der Waals surface area contributed by atoms with Gasteiger partial charge >= 0.3 is 6.09 Å². The van der Waals surface area contributed by atoms with E-state index in [0.717, 1.165) is 0 Å². The minimum absolute atomic E-state index is 0.0197. The highest BCUT2D eigenvalue weighted by Gasteiger charge is 2.14. The number of amides is 1. The van der Waals surface area contributed by atoms with Gasteiger partial charge in [-0.1, -0.05) is 25.1 Å². The lowest BCUT2D eigenvalue weighted by molar-refractivity contribution is 0.202. The molecular weight excluding hydrogens is 242 g/mol. The van der Waals surface area contributed by atoms with Crippen LogP contribution in [0.5, 0.6) is 5.75 Å². The van der Waals surface area contributed by atoms with Gasteiger partial charge in [0.05, 0.1) is 5.75 Å². The first kappa shape index (κ1) is 9.47. The second-order valence-corrected chi connectivity index (χ2v) is 5.65. The monoisotopic (exact) mass is 260 g/mol. The van der Waals surface area contributed by atoms with Crippen LogP contribution in [-0.2, 0) is 15.6 Å². The molecule has 0 aliphatic carbocycles. The number of carbonyl (C=O) groups excluding carboxylic acids is 1. The van der Waals surface area contributed by atoms with E-state index in [2.05, 4.69) is 0 Å². The van der Waals surface area contributed by atoms with Crippen LogP contribution in [0.25, 0.3) is 0 Å². The van der Waals surface area contributed by atoms with E-state index < -0.39 is 22.9 Å². The second kappa shape index (κ2) is 5.67. The molecule has 94 valence electrons. The Morgan fingerprint density at radius 2 is 2.18 bits per heavy atom. The lowest BCUT2D eigenvalue weighted by Gasteiger charge is -2.09. The quantitative estimate of drug-likeness (QED) is 0.886. The van der Waals surface area contributed by atoms with E-state index in [4.69, 9.17) is 8.85 Å². The van der Waals surface area contributed by atoms with Gasteiger partial charge in [0.25, 0.3) is 0 Å². The molecule has 1 aromatic rings. The van der Waals surface area contributed by atoms with Gasteiger partial charge in [0.15, 0.2) is 9.84 Å². The Hall–Kier alpha value is -1.56. The maximum absolute atomic E-state index is 11.6. The van der Waals surface area contributed by atoms with E-state index in [9.17, 15) is 13.2 Å². The molecule has 5 nitrogen and oxygen atoms in total. The van der Waals surface area contributed by atoms with Crippen molar-refractivity contribution < 1.29 is 22.1 Å². The van der Waals surface area contributed by atoms with Crippen LogP contribution < -0.4 is 10.1 Å². The van der Waals surface area contributed by atoms with Crippen LogP contribution in [0.3, 0.4) is 0 Å². The van der Waals surface area contributed by atoms with Crippen LogP contribution >= 0.6 is 0 Å². The van der Waals surface area contributed by atoms with Gasteiger partial charge < -0.3 is 10.1 Å². The van der Waals surface area contributed by atoms with E-state index in [1.54, 1.807) is 17.4 Å². The smallest absolute Gasteiger partial charge is 0.410 e. The van der Waals surface area contributed by atoms with Crippen molar-refractivity contribution >= 4 is 15.9 Å². The first-order valence-electron chi connectivity index (χ1n) is 6.41. The molecule has 0 saturated heterocycles. The third kappa shape index (κ3) is 4.07. The van der Waals surface area contributed by atoms with Gasteiger partial charge in [0.2, 0.25) is 0 Å². The van der Waals surface area contributed by atoms with Gasteiger partial charge in [-0.2, -0.15) is 0 Å². The standard InChI is InChI=1S/C11H15NO4S/c1-3-17(14,15)8-9-6-4-5-7-10(9)16-11(13)12-2/h4-7H,3,8H2,1-2H3,(H,12,13)/i2D3. The minimum Gasteiger partial charge on any atom is -0.410 e. The highest BCUT2D eigenvalue weighted by atomic mass is 32.2. The lowest BCUT2D eigenvalue weighted by Crippen LogP contribution is -2.22. The Morgan fingerprint density at radius 1 is 1.47 bits per heavy atom. The molecule has 1 N–H and O–H groups in total. The molecule has 0 saturated carbocycles. The molecule has 0 heterocycles. The van der Waals surface area contributed by atoms with Crippen LogP contribution in [0.4, 0.5) is 4.79 Å². The van der Waals surface area contributed by atoms with Gasteiger partial charge in [0, 0.05) is 22.4 Å². The number of sulfone groups is 1. The molecule has 1 aromatic carbocycles. The largest absolute Gasteiger partial charge is 0.412 e. The predicted octanol–water partition coefficient (Wildman–Crippen LogP) is 1.34. The van der Waals surface area contributed by atoms with Gasteiger partial charge in [-0.15, -0.1) is 0 Å². The van der Waals surface area contributed by atoms with Crippen molar-refractivity contribution in [3.05, 3.63) is 29.8 Å². The summed E-state index contributed by atoms with van der Waals surface area (Å²) in [4.78, 5) is 11.4. The van der Waals surface area contributed by atoms with Crippen LogP contribution in [0, 0.1) is 0 Å². The van der Waals surface area contributed by atoms with Gasteiger partial charge in [-0.05, 0) is 6.07 Å². The van der Waals surface area contributed by atoms with Crippen molar-refractivity contribution in [3.8, 4) is 5.75 Å². The Labute approximate surface area is 105 Å². The number of nitrogens with one attached hydrogen (secondary N) is 1. The fourth-order valence-corrected chi connectivity index (χ4v) is 2.10. The Kier molecular flexibility index (Phi) is 3.16. The zero-order chi connectivity index (χ0) is 15.4. The maximum Gasteiger partial charge on any atom is 0.412 e. The van der Waals surface area contributed by atoms with Crippen molar-refractivity contribution in [2.24, 2.45) is 0 Å². The van der Waals surface area contributed by atoms with Crippen LogP contribution in [-0.4, -0.2) is 27.2 Å². The fraction of sp³-hybridized carbons (Fsp3) is 0.364. The molecular formula is C11H15NO4S. The summed E-state index contributed by atoms with van der Waals surface area (Å²) in [5, 5.41) is 1.66. The topological polar surface area (TPSA) is 72.5 Å². The molecule has 0 spiro atoms. The molecule has 0 atom stereocenters. The summed E-state index contributed by atoms with van der Waals surface area (Å²) < 4.78 is 48.7. The van der Waals surface area contributed by atoms with Crippen LogP contribution in [0.1, 0.15) is 16.6 Å². The molecule has 0 aromatic heterocycles. The summed E-state index contributed by atoms with van der Waals surface area (Å²) in [6.45, 7) is -1.15. The Bertz CT molecular complexity index is 584. The number of ether oxygens (including phenoxy) is 1. The number of benzene rings is 1. The molecule has 0 aliphatic heterocycles. The van der Waals surface area contributed by atoms with Crippen molar-refractivity contribution in [2.45, 2.75) is 12.7 Å². The average molecular weight is 260 g/mol. The van der Waals surface area contributed by atoms with Crippen molar-refractivity contribution in [1.82, 2.24) is 5.32 Å². The third-order valence-corrected chi connectivity index (χ3v) is 3.72. The second-order valence-electron chi connectivity index (χ2n) is 3.30. The SMILES string of the molecule is [2H]C([2H])([2H])NC(=O)Oc1ccccc1CS(=O)(=O)CC. The van der Waals surface area contributed by atoms with E-state index in [1.807, 2.05) is 0 Å². The van der Waals surface area contributed by atoms with E-state index in [1.165, 1.54) is 19.1 Å². The van der Waals surface area contributed by atoms with E-state index in [-0.39, 0.29) is 17.3 Å². The molecule has 0 fully saturated rings. The fourth-order valence-electron chi connectivity index (χ4n) is 1.19. The third-order valence-electron chi connectivity index (χ3n) is 2.09. The van der Waals surface area contributed by atoms with Crippen molar-refractivity contribution in [1.29, 1.82) is 0 Å². The molecule has 1 amide bonds. The molecule has 0 radical (unpaired) electrons. The Balaban J connectivity index is 2.89. The first-order chi connectivity index (χ1) is 9.13. The maximum atomic E-state index is 11.6. The molecule has 1 rings (SSSR count). The number of hydrogen-bond donors (Lipinski definition) is 1. The zero-order valence-corrected chi connectivity index (χ0v) is 10.1. The first-order valence-corrected chi connectivity index (χ1v) is 6.73. The molecule has 0 unspecified atom stereocenters. The molecule has 0 aliphatic rings. The summed E-state index contributed by atoms with van der Waals surface area (Å²) in [6, 6.07) is 6.07. The average Bonchev–Trinajstić information content (AvgIpc) is 2.29. The van der Waals surface area contributed by atoms with Crippen LogP contribution in [0.15, 0.2) is 24.3 Å². The zero-order valence-electron chi connectivity index (χ0n) is 12.3. The lowest BCUT2D eigenvalue weighted by atomic mass is 10.2. The number of para-hydroxylation sites is 1.